The number of thioether (sulfide) groups is 1. The minimum Gasteiger partial charge on any atom is -0.399 e. The fourth-order valence-electron chi connectivity index (χ4n) is 0.985. The summed E-state index contributed by atoms with van der Waals surface area (Å²) in [5.74, 6) is 0.900. The van der Waals surface area contributed by atoms with Gasteiger partial charge >= 0.3 is 0 Å². The zero-order chi connectivity index (χ0) is 10.4. The maximum absolute atomic E-state index is 5.99. The van der Waals surface area contributed by atoms with E-state index in [9.17, 15) is 0 Å². The Kier molecular flexibility index (Phi) is 5.15. The maximum atomic E-state index is 5.99. The van der Waals surface area contributed by atoms with E-state index >= 15 is 0 Å². The Balaban J connectivity index is 2.45. The Morgan fingerprint density at radius 1 is 1.50 bits per heavy atom. The van der Waals surface area contributed by atoms with E-state index in [2.05, 4.69) is 0 Å². The van der Waals surface area contributed by atoms with Crippen LogP contribution in [0.2, 0.25) is 5.02 Å². The zero-order valence-electron chi connectivity index (χ0n) is 8.13. The Morgan fingerprint density at radius 3 is 3.00 bits per heavy atom. The number of rotatable bonds is 5. The fraction of sp³-hybridized carbons (Fsp3) is 0.400. The molecule has 4 heteroatoms. The molecule has 0 aromatic heterocycles. The van der Waals surface area contributed by atoms with E-state index in [1.165, 1.54) is 0 Å². The van der Waals surface area contributed by atoms with Crippen LogP contribution in [0.3, 0.4) is 0 Å². The SMILES string of the molecule is CCOCCSc1cc(N)ccc1Cl. The van der Waals surface area contributed by atoms with Crippen molar-refractivity contribution < 1.29 is 4.74 Å². The smallest absolute Gasteiger partial charge is 0.0560 e. The predicted molar refractivity (Wildman–Crippen MR) is 63.1 cm³/mol. The quantitative estimate of drug-likeness (QED) is 0.481. The Hall–Kier alpha value is -0.380. The third-order valence-electron chi connectivity index (χ3n) is 1.64. The van der Waals surface area contributed by atoms with Gasteiger partial charge in [-0.05, 0) is 25.1 Å². The van der Waals surface area contributed by atoms with Crippen molar-refractivity contribution in [2.75, 3.05) is 24.7 Å². The molecule has 0 saturated carbocycles. The summed E-state index contributed by atoms with van der Waals surface area (Å²) in [7, 11) is 0. The summed E-state index contributed by atoms with van der Waals surface area (Å²) in [4.78, 5) is 1.02. The molecule has 1 aromatic rings. The van der Waals surface area contributed by atoms with E-state index in [0.29, 0.717) is 0 Å². The second-order valence-electron chi connectivity index (χ2n) is 2.74. The molecule has 78 valence electrons. The van der Waals surface area contributed by atoms with Crippen LogP contribution in [0.5, 0.6) is 0 Å². The van der Waals surface area contributed by atoms with Gasteiger partial charge in [0.15, 0.2) is 0 Å². The number of hydrogen-bond acceptors (Lipinski definition) is 3. The summed E-state index contributed by atoms with van der Waals surface area (Å²) in [5.41, 5.74) is 6.40. The normalized spacial score (nSPS) is 10.4. The van der Waals surface area contributed by atoms with Gasteiger partial charge in [0.2, 0.25) is 0 Å². The molecule has 0 unspecified atom stereocenters. The Morgan fingerprint density at radius 2 is 2.29 bits per heavy atom. The first-order valence-electron chi connectivity index (χ1n) is 4.49. The molecule has 1 rings (SSSR count). The van der Waals surface area contributed by atoms with Crippen LogP contribution in [0.15, 0.2) is 23.1 Å². The molecule has 1 aromatic carbocycles. The zero-order valence-corrected chi connectivity index (χ0v) is 9.70. The van der Waals surface area contributed by atoms with Gasteiger partial charge in [-0.25, -0.2) is 0 Å². The molecule has 0 saturated heterocycles. The van der Waals surface area contributed by atoms with Gasteiger partial charge in [-0.2, -0.15) is 0 Å². The van der Waals surface area contributed by atoms with E-state index < -0.39 is 0 Å². The van der Waals surface area contributed by atoms with Crippen LogP contribution in [-0.2, 0) is 4.74 Å². The number of halogens is 1. The molecule has 0 aliphatic rings. The van der Waals surface area contributed by atoms with Crippen molar-refractivity contribution in [2.24, 2.45) is 0 Å². The van der Waals surface area contributed by atoms with Gasteiger partial charge in [-0.3, -0.25) is 0 Å². The average Bonchev–Trinajstić information content (AvgIpc) is 2.18. The largest absolute Gasteiger partial charge is 0.399 e. The average molecular weight is 232 g/mol. The molecular weight excluding hydrogens is 218 g/mol. The van der Waals surface area contributed by atoms with E-state index in [4.69, 9.17) is 22.1 Å². The lowest BCUT2D eigenvalue weighted by Gasteiger charge is -2.05. The number of anilines is 1. The first-order chi connectivity index (χ1) is 6.74. The van der Waals surface area contributed by atoms with Gasteiger partial charge in [0.05, 0.1) is 11.6 Å². The monoisotopic (exact) mass is 231 g/mol. The lowest BCUT2D eigenvalue weighted by molar-refractivity contribution is 0.164. The summed E-state index contributed by atoms with van der Waals surface area (Å²) in [5, 5.41) is 0.751. The van der Waals surface area contributed by atoms with Crippen molar-refractivity contribution in [1.82, 2.24) is 0 Å². The topological polar surface area (TPSA) is 35.2 Å². The maximum Gasteiger partial charge on any atom is 0.0560 e. The van der Waals surface area contributed by atoms with Crippen LogP contribution in [0.4, 0.5) is 5.69 Å². The van der Waals surface area contributed by atoms with E-state index in [-0.39, 0.29) is 0 Å². The molecule has 14 heavy (non-hydrogen) atoms. The molecule has 0 atom stereocenters. The summed E-state index contributed by atoms with van der Waals surface area (Å²) in [6.07, 6.45) is 0. The lowest BCUT2D eigenvalue weighted by atomic mass is 10.3. The summed E-state index contributed by atoms with van der Waals surface area (Å²) in [6.45, 7) is 3.48. The first-order valence-corrected chi connectivity index (χ1v) is 5.86. The van der Waals surface area contributed by atoms with E-state index in [1.807, 2.05) is 19.1 Å². The molecule has 0 spiro atoms. The molecule has 0 radical (unpaired) electrons. The highest BCUT2D eigenvalue weighted by molar-refractivity contribution is 7.99. The highest BCUT2D eigenvalue weighted by Crippen LogP contribution is 2.28. The first kappa shape index (κ1) is 11.7. The molecular formula is C10H14ClNOS. The number of ether oxygens (including phenoxy) is 1. The van der Waals surface area contributed by atoms with Crippen molar-refractivity contribution >= 4 is 29.1 Å². The van der Waals surface area contributed by atoms with Crippen LogP contribution in [0, 0.1) is 0 Å². The standard InChI is InChI=1S/C10H14ClNOS/c1-2-13-5-6-14-10-7-8(12)3-4-9(10)11/h3-4,7H,2,5-6,12H2,1H3. The third-order valence-corrected chi connectivity index (χ3v) is 3.11. The molecule has 2 N–H and O–H groups in total. The van der Waals surface area contributed by atoms with Gasteiger partial charge in [0.1, 0.15) is 0 Å². The number of hydrogen-bond donors (Lipinski definition) is 1. The Bertz CT molecular complexity index is 293. The second kappa shape index (κ2) is 6.17. The number of nitrogens with two attached hydrogens (primary N) is 1. The summed E-state index contributed by atoms with van der Waals surface area (Å²) >= 11 is 7.66. The molecule has 0 bridgehead atoms. The van der Waals surface area contributed by atoms with Gasteiger partial charge in [0, 0.05) is 22.9 Å². The van der Waals surface area contributed by atoms with Crippen LogP contribution >= 0.6 is 23.4 Å². The molecule has 0 aliphatic heterocycles. The van der Waals surface area contributed by atoms with E-state index in [0.717, 1.165) is 34.6 Å². The van der Waals surface area contributed by atoms with Crippen molar-refractivity contribution in [3.63, 3.8) is 0 Å². The summed E-state index contributed by atoms with van der Waals surface area (Å²) < 4.78 is 5.23. The van der Waals surface area contributed by atoms with Gasteiger partial charge in [-0.1, -0.05) is 11.6 Å². The molecule has 0 heterocycles. The molecule has 0 aliphatic carbocycles. The minimum atomic E-state index is 0.742. The van der Waals surface area contributed by atoms with Crippen LogP contribution < -0.4 is 5.73 Å². The van der Waals surface area contributed by atoms with Gasteiger partial charge in [-0.15, -0.1) is 11.8 Å². The van der Waals surface area contributed by atoms with Gasteiger partial charge in [0.25, 0.3) is 0 Å². The van der Waals surface area contributed by atoms with Crippen LogP contribution in [-0.4, -0.2) is 19.0 Å². The highest BCUT2D eigenvalue weighted by atomic mass is 35.5. The van der Waals surface area contributed by atoms with Crippen molar-refractivity contribution in [2.45, 2.75) is 11.8 Å². The molecule has 0 fully saturated rings. The number of benzene rings is 1. The van der Waals surface area contributed by atoms with E-state index in [1.54, 1.807) is 17.8 Å². The minimum absolute atomic E-state index is 0.742. The summed E-state index contributed by atoms with van der Waals surface area (Å²) in [6, 6.07) is 5.51. The van der Waals surface area contributed by atoms with Crippen LogP contribution in [0.25, 0.3) is 0 Å². The van der Waals surface area contributed by atoms with Crippen molar-refractivity contribution in [3.8, 4) is 0 Å². The predicted octanol–water partition coefficient (Wildman–Crippen LogP) is 3.05. The van der Waals surface area contributed by atoms with Crippen molar-refractivity contribution in [1.29, 1.82) is 0 Å². The third kappa shape index (κ3) is 3.78. The Labute approximate surface area is 93.8 Å². The molecule has 2 nitrogen and oxygen atoms in total. The number of nitrogen functional groups attached to an aromatic ring is 1. The van der Waals surface area contributed by atoms with Crippen LogP contribution in [0.1, 0.15) is 6.92 Å². The van der Waals surface area contributed by atoms with Crippen molar-refractivity contribution in [3.05, 3.63) is 23.2 Å². The lowest BCUT2D eigenvalue weighted by Crippen LogP contribution is -1.96. The molecule has 0 amide bonds. The second-order valence-corrected chi connectivity index (χ2v) is 4.28. The van der Waals surface area contributed by atoms with Gasteiger partial charge < -0.3 is 10.5 Å². The fourth-order valence-corrected chi connectivity index (χ4v) is 2.11. The highest BCUT2D eigenvalue weighted by Gasteiger charge is 2.00.